The fourth-order valence-electron chi connectivity index (χ4n) is 2.02. The van der Waals surface area contributed by atoms with Crippen LogP contribution in [0, 0.1) is 5.92 Å². The Morgan fingerprint density at radius 3 is 2.78 bits per heavy atom. The molecule has 18 heavy (non-hydrogen) atoms. The fourth-order valence-corrected chi connectivity index (χ4v) is 2.02. The van der Waals surface area contributed by atoms with Gasteiger partial charge in [0, 0.05) is 19.8 Å². The minimum atomic E-state index is -1.05. The van der Waals surface area contributed by atoms with E-state index < -0.39 is 5.97 Å². The molecule has 1 fully saturated rings. The topological polar surface area (TPSA) is 70.5 Å². The van der Waals surface area contributed by atoms with Crippen molar-refractivity contribution in [2.45, 2.75) is 19.3 Å². The van der Waals surface area contributed by atoms with Crippen molar-refractivity contribution in [2.75, 3.05) is 13.6 Å². The molecule has 1 aromatic heterocycles. The molecule has 0 aliphatic heterocycles. The predicted molar refractivity (Wildman–Crippen MR) is 65.5 cm³/mol. The van der Waals surface area contributed by atoms with E-state index in [4.69, 9.17) is 5.11 Å². The number of aromatic carboxylic acids is 1. The van der Waals surface area contributed by atoms with Gasteiger partial charge < -0.3 is 10.0 Å². The maximum atomic E-state index is 12.1. The van der Waals surface area contributed by atoms with Gasteiger partial charge in [-0.05, 0) is 30.9 Å². The van der Waals surface area contributed by atoms with Crippen LogP contribution in [0.2, 0.25) is 0 Å². The molecule has 96 valence electrons. The average molecular weight is 248 g/mol. The van der Waals surface area contributed by atoms with Crippen molar-refractivity contribution < 1.29 is 14.7 Å². The lowest BCUT2D eigenvalue weighted by Crippen LogP contribution is -2.34. The zero-order valence-corrected chi connectivity index (χ0v) is 10.3. The zero-order chi connectivity index (χ0) is 13.1. The van der Waals surface area contributed by atoms with Crippen molar-refractivity contribution in [1.82, 2.24) is 9.88 Å². The first kappa shape index (κ1) is 12.5. The van der Waals surface area contributed by atoms with E-state index in [1.807, 2.05) is 0 Å². The Balaban J connectivity index is 2.07. The smallest absolute Gasteiger partial charge is 0.335 e. The van der Waals surface area contributed by atoms with Crippen LogP contribution in [-0.4, -0.2) is 40.5 Å². The third-order valence-electron chi connectivity index (χ3n) is 3.33. The van der Waals surface area contributed by atoms with Gasteiger partial charge in [0.1, 0.15) is 5.69 Å². The maximum absolute atomic E-state index is 12.1. The van der Waals surface area contributed by atoms with Crippen LogP contribution in [0.15, 0.2) is 18.3 Å². The lowest BCUT2D eigenvalue weighted by atomic mass is 9.85. The summed E-state index contributed by atoms with van der Waals surface area (Å²) in [7, 11) is 1.73. The second kappa shape index (κ2) is 5.16. The van der Waals surface area contributed by atoms with Gasteiger partial charge in [0.05, 0.1) is 5.56 Å². The third-order valence-corrected chi connectivity index (χ3v) is 3.33. The first-order valence-electron chi connectivity index (χ1n) is 6.02. The number of pyridine rings is 1. The molecule has 1 N–H and O–H groups in total. The van der Waals surface area contributed by atoms with Crippen molar-refractivity contribution >= 4 is 11.9 Å². The Hall–Kier alpha value is -1.91. The van der Waals surface area contributed by atoms with Crippen LogP contribution in [0.1, 0.15) is 40.1 Å². The lowest BCUT2D eigenvalue weighted by molar-refractivity contribution is 0.0696. The van der Waals surface area contributed by atoms with Crippen molar-refractivity contribution in [3.63, 3.8) is 0 Å². The molecule has 1 heterocycles. The summed E-state index contributed by atoms with van der Waals surface area (Å²) in [5.41, 5.74) is 0.280. The van der Waals surface area contributed by atoms with Gasteiger partial charge in [-0.1, -0.05) is 6.42 Å². The summed E-state index contributed by atoms with van der Waals surface area (Å²) in [5, 5.41) is 8.87. The second-order valence-electron chi connectivity index (χ2n) is 4.72. The van der Waals surface area contributed by atoms with Gasteiger partial charge >= 0.3 is 5.97 Å². The molecular weight excluding hydrogens is 232 g/mol. The number of amides is 1. The average Bonchev–Trinajstić information content (AvgIpc) is 2.32. The molecule has 0 spiro atoms. The molecule has 5 heteroatoms. The number of carbonyl (C=O) groups is 2. The van der Waals surface area contributed by atoms with Gasteiger partial charge in [0.25, 0.3) is 5.91 Å². The molecule has 1 saturated carbocycles. The van der Waals surface area contributed by atoms with Gasteiger partial charge in [0.2, 0.25) is 0 Å². The van der Waals surface area contributed by atoms with Crippen LogP contribution in [0.3, 0.4) is 0 Å². The molecule has 1 aromatic rings. The summed E-state index contributed by atoms with van der Waals surface area (Å²) in [6.07, 6.45) is 4.92. The van der Waals surface area contributed by atoms with E-state index in [0.717, 1.165) is 6.54 Å². The van der Waals surface area contributed by atoms with E-state index in [-0.39, 0.29) is 17.2 Å². The highest BCUT2D eigenvalue weighted by molar-refractivity contribution is 5.95. The normalized spacial score (nSPS) is 14.9. The van der Waals surface area contributed by atoms with Gasteiger partial charge in [-0.3, -0.25) is 9.78 Å². The Morgan fingerprint density at radius 1 is 1.50 bits per heavy atom. The number of carboxylic acids is 1. The molecule has 0 radical (unpaired) electrons. The summed E-state index contributed by atoms with van der Waals surface area (Å²) in [4.78, 5) is 28.5. The molecular formula is C13H16N2O3. The van der Waals surface area contributed by atoms with E-state index in [9.17, 15) is 9.59 Å². The first-order chi connectivity index (χ1) is 8.58. The quantitative estimate of drug-likeness (QED) is 0.879. The van der Waals surface area contributed by atoms with Crippen LogP contribution in [-0.2, 0) is 0 Å². The molecule has 1 amide bonds. The second-order valence-corrected chi connectivity index (χ2v) is 4.72. The van der Waals surface area contributed by atoms with E-state index in [1.165, 1.54) is 37.6 Å². The number of hydrogen-bond donors (Lipinski definition) is 1. The Morgan fingerprint density at radius 2 is 2.22 bits per heavy atom. The van der Waals surface area contributed by atoms with E-state index in [2.05, 4.69) is 4.98 Å². The third kappa shape index (κ3) is 2.67. The standard InChI is InChI=1S/C13H16N2O3/c1-15(8-9-3-2-4-9)12(16)11-7-10(13(17)18)5-6-14-11/h5-7,9H,2-4,8H2,1H3,(H,17,18). The van der Waals surface area contributed by atoms with Crippen LogP contribution in [0.5, 0.6) is 0 Å². The summed E-state index contributed by atoms with van der Waals surface area (Å²) < 4.78 is 0. The molecule has 2 rings (SSSR count). The monoisotopic (exact) mass is 248 g/mol. The van der Waals surface area contributed by atoms with Crippen molar-refractivity contribution in [3.05, 3.63) is 29.6 Å². The molecule has 1 aliphatic rings. The minimum absolute atomic E-state index is 0.0883. The van der Waals surface area contributed by atoms with Gasteiger partial charge in [-0.25, -0.2) is 4.79 Å². The lowest BCUT2D eigenvalue weighted by Gasteiger charge is -2.29. The summed E-state index contributed by atoms with van der Waals surface area (Å²) >= 11 is 0. The number of rotatable bonds is 4. The molecule has 0 unspecified atom stereocenters. The fraction of sp³-hybridized carbons (Fsp3) is 0.462. The number of nitrogens with zero attached hydrogens (tertiary/aromatic N) is 2. The number of hydrogen-bond acceptors (Lipinski definition) is 3. The largest absolute Gasteiger partial charge is 0.478 e. The molecule has 0 bridgehead atoms. The Bertz CT molecular complexity index is 469. The molecule has 0 aromatic carbocycles. The van der Waals surface area contributed by atoms with Crippen LogP contribution < -0.4 is 0 Å². The van der Waals surface area contributed by atoms with Gasteiger partial charge in [0.15, 0.2) is 0 Å². The summed E-state index contributed by atoms with van der Waals surface area (Å²) in [6.45, 7) is 0.720. The number of carboxylic acid groups (broad SMARTS) is 1. The molecule has 5 nitrogen and oxygen atoms in total. The van der Waals surface area contributed by atoms with E-state index in [0.29, 0.717) is 5.92 Å². The maximum Gasteiger partial charge on any atom is 0.335 e. The molecule has 0 saturated heterocycles. The Labute approximate surface area is 105 Å². The highest BCUT2D eigenvalue weighted by Gasteiger charge is 2.22. The highest BCUT2D eigenvalue weighted by Crippen LogP contribution is 2.27. The van der Waals surface area contributed by atoms with Crippen LogP contribution in [0.4, 0.5) is 0 Å². The van der Waals surface area contributed by atoms with Crippen molar-refractivity contribution in [3.8, 4) is 0 Å². The summed E-state index contributed by atoms with van der Waals surface area (Å²) in [6, 6.07) is 2.70. The van der Waals surface area contributed by atoms with Crippen LogP contribution >= 0.6 is 0 Å². The molecule has 0 atom stereocenters. The minimum Gasteiger partial charge on any atom is -0.478 e. The number of aromatic nitrogens is 1. The predicted octanol–water partition coefficient (Wildman–Crippen LogP) is 1.65. The van der Waals surface area contributed by atoms with E-state index in [1.54, 1.807) is 11.9 Å². The number of carbonyl (C=O) groups excluding carboxylic acids is 1. The van der Waals surface area contributed by atoms with Crippen LogP contribution in [0.25, 0.3) is 0 Å². The van der Waals surface area contributed by atoms with Crippen molar-refractivity contribution in [2.24, 2.45) is 5.92 Å². The van der Waals surface area contributed by atoms with E-state index >= 15 is 0 Å². The Kier molecular flexibility index (Phi) is 3.60. The van der Waals surface area contributed by atoms with Gasteiger partial charge in [-0.15, -0.1) is 0 Å². The molecule has 1 aliphatic carbocycles. The first-order valence-corrected chi connectivity index (χ1v) is 6.02. The SMILES string of the molecule is CN(CC1CCC1)C(=O)c1cc(C(=O)O)ccn1. The summed E-state index contributed by atoms with van der Waals surface area (Å²) in [5.74, 6) is -0.681. The van der Waals surface area contributed by atoms with Gasteiger partial charge in [-0.2, -0.15) is 0 Å². The zero-order valence-electron chi connectivity index (χ0n) is 10.3. The van der Waals surface area contributed by atoms with Crippen molar-refractivity contribution in [1.29, 1.82) is 0 Å². The highest BCUT2D eigenvalue weighted by atomic mass is 16.4.